The summed E-state index contributed by atoms with van der Waals surface area (Å²) < 4.78 is 27.8. The lowest BCUT2D eigenvalue weighted by atomic mass is 10.1. The molecular formula is C11H19N3O2S2. The highest BCUT2D eigenvalue weighted by molar-refractivity contribution is 7.91. The van der Waals surface area contributed by atoms with E-state index in [0.29, 0.717) is 10.9 Å². The minimum Gasteiger partial charge on any atom is -0.382 e. The summed E-state index contributed by atoms with van der Waals surface area (Å²) >= 11 is 1.14. The van der Waals surface area contributed by atoms with E-state index in [1.54, 1.807) is 6.92 Å². The summed E-state index contributed by atoms with van der Waals surface area (Å²) in [5, 5.41) is 3.81. The van der Waals surface area contributed by atoms with Gasteiger partial charge >= 0.3 is 0 Å². The number of nitrogens with two attached hydrogens (primary N) is 1. The van der Waals surface area contributed by atoms with E-state index in [-0.39, 0.29) is 16.5 Å². The minimum atomic E-state index is -3.30. The van der Waals surface area contributed by atoms with Gasteiger partial charge in [0.1, 0.15) is 9.90 Å². The van der Waals surface area contributed by atoms with Crippen molar-refractivity contribution in [3.8, 4) is 0 Å². The van der Waals surface area contributed by atoms with Gasteiger partial charge in [-0.3, -0.25) is 0 Å². The fourth-order valence-corrected chi connectivity index (χ4v) is 4.48. The zero-order valence-electron chi connectivity index (χ0n) is 10.5. The standard InChI is InChI=1S/C11H19N3O2S2/c1-2-18(15,16)9-10(12)14-17-11(9)13-7-8-5-3-4-6-8/h8,13H,2-7H2,1H3,(H2,12,14). The van der Waals surface area contributed by atoms with Crippen molar-refractivity contribution in [2.45, 2.75) is 37.5 Å². The molecule has 1 aromatic rings. The fraction of sp³-hybridized carbons (Fsp3) is 0.727. The summed E-state index contributed by atoms with van der Waals surface area (Å²) in [5.41, 5.74) is 5.67. The minimum absolute atomic E-state index is 0.0493. The van der Waals surface area contributed by atoms with E-state index in [4.69, 9.17) is 5.73 Å². The molecule has 3 N–H and O–H groups in total. The van der Waals surface area contributed by atoms with Crippen LogP contribution in [0.4, 0.5) is 10.8 Å². The zero-order valence-corrected chi connectivity index (χ0v) is 12.1. The first-order valence-electron chi connectivity index (χ1n) is 6.26. The third kappa shape index (κ3) is 2.77. The molecule has 5 nitrogen and oxygen atoms in total. The Balaban J connectivity index is 2.13. The molecule has 0 amide bonds. The number of rotatable bonds is 5. The number of nitrogen functional groups attached to an aromatic ring is 1. The predicted molar refractivity (Wildman–Crippen MR) is 74.7 cm³/mol. The van der Waals surface area contributed by atoms with Crippen LogP contribution in [-0.4, -0.2) is 25.1 Å². The second-order valence-electron chi connectivity index (χ2n) is 4.66. The summed E-state index contributed by atoms with van der Waals surface area (Å²) in [4.78, 5) is 0.188. The molecule has 0 spiro atoms. The SMILES string of the molecule is CCS(=O)(=O)c1c(N)nsc1NCC1CCCC1. The Morgan fingerprint density at radius 3 is 2.72 bits per heavy atom. The molecule has 0 radical (unpaired) electrons. The molecule has 1 aliphatic rings. The van der Waals surface area contributed by atoms with Crippen LogP contribution in [0.15, 0.2) is 4.90 Å². The summed E-state index contributed by atoms with van der Waals surface area (Å²) in [6.07, 6.45) is 4.99. The van der Waals surface area contributed by atoms with Crippen LogP contribution < -0.4 is 11.1 Å². The Bertz CT molecular complexity index is 504. The molecule has 0 unspecified atom stereocenters. The van der Waals surface area contributed by atoms with E-state index in [1.807, 2.05) is 0 Å². The molecular weight excluding hydrogens is 270 g/mol. The highest BCUT2D eigenvalue weighted by atomic mass is 32.2. The monoisotopic (exact) mass is 289 g/mol. The number of nitrogens with zero attached hydrogens (tertiary/aromatic N) is 1. The maximum atomic E-state index is 11.9. The topological polar surface area (TPSA) is 85.1 Å². The summed E-state index contributed by atoms with van der Waals surface area (Å²) in [7, 11) is -3.30. The van der Waals surface area contributed by atoms with Gasteiger partial charge in [0.05, 0.1) is 5.75 Å². The fourth-order valence-electron chi connectivity index (χ4n) is 2.30. The van der Waals surface area contributed by atoms with Crippen molar-refractivity contribution in [3.63, 3.8) is 0 Å². The van der Waals surface area contributed by atoms with Crippen molar-refractivity contribution in [1.82, 2.24) is 4.37 Å². The zero-order chi connectivity index (χ0) is 13.2. The van der Waals surface area contributed by atoms with Crippen molar-refractivity contribution in [2.24, 2.45) is 5.92 Å². The summed E-state index contributed by atoms with van der Waals surface area (Å²) in [6.45, 7) is 2.43. The van der Waals surface area contributed by atoms with Crippen molar-refractivity contribution in [1.29, 1.82) is 0 Å². The number of nitrogens with one attached hydrogen (secondary N) is 1. The maximum absolute atomic E-state index is 11.9. The van der Waals surface area contributed by atoms with Gasteiger partial charge < -0.3 is 11.1 Å². The number of hydrogen-bond acceptors (Lipinski definition) is 6. The van der Waals surface area contributed by atoms with Gasteiger partial charge in [-0.1, -0.05) is 19.8 Å². The quantitative estimate of drug-likeness (QED) is 0.867. The van der Waals surface area contributed by atoms with Crippen LogP contribution in [0.5, 0.6) is 0 Å². The van der Waals surface area contributed by atoms with E-state index in [2.05, 4.69) is 9.69 Å². The van der Waals surface area contributed by atoms with Gasteiger partial charge in [0.2, 0.25) is 0 Å². The molecule has 0 aliphatic heterocycles. The highest BCUT2D eigenvalue weighted by Crippen LogP contribution is 2.33. The number of anilines is 2. The molecule has 0 atom stereocenters. The number of hydrogen-bond donors (Lipinski definition) is 2. The molecule has 0 aromatic carbocycles. The van der Waals surface area contributed by atoms with Crippen LogP contribution in [0.2, 0.25) is 0 Å². The van der Waals surface area contributed by atoms with Gasteiger partial charge in [-0.2, -0.15) is 4.37 Å². The lowest BCUT2D eigenvalue weighted by Crippen LogP contribution is -2.13. The molecule has 0 saturated heterocycles. The van der Waals surface area contributed by atoms with Crippen molar-refractivity contribution < 1.29 is 8.42 Å². The van der Waals surface area contributed by atoms with E-state index in [0.717, 1.165) is 18.1 Å². The second-order valence-corrected chi connectivity index (χ2v) is 7.65. The van der Waals surface area contributed by atoms with Gasteiger partial charge in [0, 0.05) is 6.54 Å². The Morgan fingerprint density at radius 2 is 2.11 bits per heavy atom. The first-order valence-corrected chi connectivity index (χ1v) is 8.69. The van der Waals surface area contributed by atoms with Crippen molar-refractivity contribution in [3.05, 3.63) is 0 Å². The highest BCUT2D eigenvalue weighted by Gasteiger charge is 2.24. The Hall–Kier alpha value is -0.820. The number of sulfone groups is 1. The summed E-state index contributed by atoms with van der Waals surface area (Å²) in [6, 6.07) is 0. The Kier molecular flexibility index (Phi) is 4.11. The third-order valence-electron chi connectivity index (χ3n) is 3.39. The number of aromatic nitrogens is 1. The second kappa shape index (κ2) is 5.44. The third-order valence-corrected chi connectivity index (χ3v) is 6.13. The smallest absolute Gasteiger partial charge is 0.184 e. The molecule has 18 heavy (non-hydrogen) atoms. The van der Waals surface area contributed by atoms with Crippen LogP contribution in [0.3, 0.4) is 0 Å². The van der Waals surface area contributed by atoms with E-state index < -0.39 is 9.84 Å². The summed E-state index contributed by atoms with van der Waals surface area (Å²) in [5.74, 6) is 0.814. The van der Waals surface area contributed by atoms with Gasteiger partial charge in [-0.05, 0) is 30.3 Å². The molecule has 1 aliphatic carbocycles. The Morgan fingerprint density at radius 1 is 1.44 bits per heavy atom. The van der Waals surface area contributed by atoms with Crippen molar-refractivity contribution >= 4 is 32.2 Å². The van der Waals surface area contributed by atoms with E-state index in [9.17, 15) is 8.42 Å². The van der Waals surface area contributed by atoms with Crippen LogP contribution in [0, 0.1) is 5.92 Å². The van der Waals surface area contributed by atoms with Crippen LogP contribution in [0.25, 0.3) is 0 Å². The molecule has 1 aromatic heterocycles. The van der Waals surface area contributed by atoms with Gasteiger partial charge in [0.15, 0.2) is 15.7 Å². The normalized spacial score (nSPS) is 17.2. The molecule has 0 bridgehead atoms. The first-order chi connectivity index (χ1) is 8.54. The van der Waals surface area contributed by atoms with E-state index >= 15 is 0 Å². The van der Waals surface area contributed by atoms with Gasteiger partial charge in [0.25, 0.3) is 0 Å². The average molecular weight is 289 g/mol. The maximum Gasteiger partial charge on any atom is 0.184 e. The molecule has 1 fully saturated rings. The lowest BCUT2D eigenvalue weighted by Gasteiger charge is -2.11. The molecule has 1 saturated carbocycles. The van der Waals surface area contributed by atoms with Crippen LogP contribution in [-0.2, 0) is 9.84 Å². The lowest BCUT2D eigenvalue weighted by molar-refractivity contribution is 0.579. The van der Waals surface area contributed by atoms with Gasteiger partial charge in [-0.25, -0.2) is 8.42 Å². The average Bonchev–Trinajstić information content (AvgIpc) is 2.95. The van der Waals surface area contributed by atoms with Gasteiger partial charge in [-0.15, -0.1) is 0 Å². The van der Waals surface area contributed by atoms with Crippen LogP contribution >= 0.6 is 11.5 Å². The predicted octanol–water partition coefficient (Wildman–Crippen LogP) is 2.12. The molecule has 7 heteroatoms. The molecule has 102 valence electrons. The Labute approximate surface area is 112 Å². The van der Waals surface area contributed by atoms with Crippen LogP contribution in [0.1, 0.15) is 32.6 Å². The molecule has 2 rings (SSSR count). The van der Waals surface area contributed by atoms with E-state index in [1.165, 1.54) is 25.7 Å². The van der Waals surface area contributed by atoms with Crippen molar-refractivity contribution in [2.75, 3.05) is 23.3 Å². The molecule has 1 heterocycles. The first kappa shape index (κ1) is 13.6. The largest absolute Gasteiger partial charge is 0.382 e.